The van der Waals surface area contributed by atoms with Crippen LogP contribution in [0.25, 0.3) is 0 Å². The van der Waals surface area contributed by atoms with E-state index in [-0.39, 0.29) is 5.91 Å². The van der Waals surface area contributed by atoms with Gasteiger partial charge in [0.2, 0.25) is 5.91 Å². The number of rotatable bonds is 5. The molecule has 0 saturated carbocycles. The minimum Gasteiger partial charge on any atom is -0.345 e. The maximum Gasteiger partial charge on any atom is 0.236 e. The second kappa shape index (κ2) is 6.68. The van der Waals surface area contributed by atoms with E-state index in [1.807, 2.05) is 11.9 Å². The van der Waals surface area contributed by atoms with Gasteiger partial charge >= 0.3 is 0 Å². The van der Waals surface area contributed by atoms with Crippen LogP contribution in [0.5, 0.6) is 0 Å². The molecule has 0 spiro atoms. The molecule has 0 aromatic rings. The monoisotopic (exact) mass is 268 g/mol. The van der Waals surface area contributed by atoms with Crippen molar-refractivity contribution >= 4 is 5.91 Å². The zero-order chi connectivity index (χ0) is 13.8. The normalized spacial score (nSPS) is 28.4. The van der Waals surface area contributed by atoms with Gasteiger partial charge in [0.15, 0.2) is 0 Å². The third-order valence-corrected chi connectivity index (χ3v) is 4.53. The Morgan fingerprint density at radius 2 is 2.21 bits per heavy atom. The number of nitrogens with two attached hydrogens (primary N) is 1. The fraction of sp³-hybridized carbons (Fsp3) is 0.929. The summed E-state index contributed by atoms with van der Waals surface area (Å²) in [5.41, 5.74) is 5.49. The minimum atomic E-state index is 0.228. The molecule has 1 amide bonds. The van der Waals surface area contributed by atoms with Crippen LogP contribution in [0.4, 0.5) is 0 Å². The first-order valence-electron chi connectivity index (χ1n) is 7.54. The van der Waals surface area contributed by atoms with Crippen LogP contribution in [0, 0.1) is 0 Å². The molecular weight excluding hydrogens is 240 g/mol. The Hall–Kier alpha value is -0.650. The molecule has 2 aliphatic heterocycles. The molecule has 110 valence electrons. The Kier molecular flexibility index (Phi) is 5.19. The van der Waals surface area contributed by atoms with E-state index in [1.54, 1.807) is 0 Å². The zero-order valence-corrected chi connectivity index (χ0v) is 12.3. The molecule has 2 N–H and O–H groups in total. The molecule has 2 saturated heterocycles. The zero-order valence-electron chi connectivity index (χ0n) is 12.3. The lowest BCUT2D eigenvalue weighted by Crippen LogP contribution is -2.57. The number of hydrogen-bond acceptors (Lipinski definition) is 4. The number of carbonyl (C=O) groups is 1. The fourth-order valence-corrected chi connectivity index (χ4v) is 3.22. The van der Waals surface area contributed by atoms with Gasteiger partial charge in [-0.1, -0.05) is 0 Å². The topological polar surface area (TPSA) is 52.8 Å². The first-order chi connectivity index (χ1) is 9.11. The predicted molar refractivity (Wildman–Crippen MR) is 76.9 cm³/mol. The van der Waals surface area contributed by atoms with Crippen LogP contribution >= 0.6 is 0 Å². The summed E-state index contributed by atoms with van der Waals surface area (Å²) in [6, 6.07) is 1.17. The molecule has 0 radical (unpaired) electrons. The highest BCUT2D eigenvalue weighted by atomic mass is 16.2. The van der Waals surface area contributed by atoms with Crippen molar-refractivity contribution in [3.63, 3.8) is 0 Å². The van der Waals surface area contributed by atoms with Crippen LogP contribution in [-0.4, -0.2) is 79.0 Å². The molecule has 5 heteroatoms. The smallest absolute Gasteiger partial charge is 0.236 e. The average Bonchev–Trinajstić information content (AvgIpc) is 2.83. The summed E-state index contributed by atoms with van der Waals surface area (Å²) < 4.78 is 0. The molecule has 2 atom stereocenters. The highest BCUT2D eigenvalue weighted by molar-refractivity contribution is 5.78. The summed E-state index contributed by atoms with van der Waals surface area (Å²) in [5, 5.41) is 0. The minimum absolute atomic E-state index is 0.228. The van der Waals surface area contributed by atoms with Gasteiger partial charge in [0.25, 0.3) is 0 Å². The molecule has 0 aliphatic carbocycles. The Morgan fingerprint density at radius 3 is 2.95 bits per heavy atom. The molecule has 2 fully saturated rings. The number of hydrogen-bond donors (Lipinski definition) is 1. The van der Waals surface area contributed by atoms with Crippen molar-refractivity contribution in [3.05, 3.63) is 0 Å². The van der Waals surface area contributed by atoms with Crippen molar-refractivity contribution in [2.75, 3.05) is 46.3 Å². The van der Waals surface area contributed by atoms with Crippen LogP contribution in [0.15, 0.2) is 0 Å². The fourth-order valence-electron chi connectivity index (χ4n) is 3.22. The molecule has 2 heterocycles. The molecule has 5 nitrogen and oxygen atoms in total. The number of piperazine rings is 1. The molecule has 0 aromatic carbocycles. The number of carbonyl (C=O) groups excluding carboxylic acids is 1. The van der Waals surface area contributed by atoms with Crippen molar-refractivity contribution < 1.29 is 4.79 Å². The summed E-state index contributed by atoms with van der Waals surface area (Å²) >= 11 is 0. The SMILES string of the molecule is CC1CN2CCCC2CN1CC(=O)N(C)CCCN. The molecule has 19 heavy (non-hydrogen) atoms. The summed E-state index contributed by atoms with van der Waals surface area (Å²) in [4.78, 5) is 18.9. The molecule has 0 aromatic heterocycles. The maximum absolute atomic E-state index is 12.2. The number of amides is 1. The lowest BCUT2D eigenvalue weighted by molar-refractivity contribution is -0.132. The van der Waals surface area contributed by atoms with Gasteiger partial charge in [0, 0.05) is 38.8 Å². The van der Waals surface area contributed by atoms with E-state index in [2.05, 4.69) is 16.7 Å². The van der Waals surface area contributed by atoms with Crippen molar-refractivity contribution in [2.45, 2.75) is 38.3 Å². The number of fused-ring (bicyclic) bond motifs is 1. The number of nitrogens with zero attached hydrogens (tertiary/aromatic N) is 3. The second-order valence-corrected chi connectivity index (χ2v) is 6.03. The van der Waals surface area contributed by atoms with E-state index in [0.717, 1.165) is 26.1 Å². The van der Waals surface area contributed by atoms with E-state index < -0.39 is 0 Å². The van der Waals surface area contributed by atoms with Crippen LogP contribution in [0.1, 0.15) is 26.2 Å². The van der Waals surface area contributed by atoms with Gasteiger partial charge in [-0.25, -0.2) is 0 Å². The summed E-state index contributed by atoms with van der Waals surface area (Å²) in [6.07, 6.45) is 3.49. The van der Waals surface area contributed by atoms with E-state index in [4.69, 9.17) is 5.73 Å². The van der Waals surface area contributed by atoms with Crippen LogP contribution in [-0.2, 0) is 4.79 Å². The largest absolute Gasteiger partial charge is 0.345 e. The molecule has 0 bridgehead atoms. The quantitative estimate of drug-likeness (QED) is 0.760. The highest BCUT2D eigenvalue weighted by Gasteiger charge is 2.35. The summed E-state index contributed by atoms with van der Waals surface area (Å²) in [5.74, 6) is 0.228. The molecule has 2 unspecified atom stereocenters. The molecular formula is C14H28N4O. The van der Waals surface area contributed by atoms with Crippen LogP contribution in [0.2, 0.25) is 0 Å². The van der Waals surface area contributed by atoms with E-state index >= 15 is 0 Å². The first-order valence-corrected chi connectivity index (χ1v) is 7.54. The number of likely N-dealkylation sites (N-methyl/N-ethyl adjacent to an activating group) is 1. The Balaban J connectivity index is 1.82. The summed E-state index contributed by atoms with van der Waals surface area (Å²) in [6.45, 7) is 7.63. The Morgan fingerprint density at radius 1 is 1.42 bits per heavy atom. The maximum atomic E-state index is 12.2. The predicted octanol–water partition coefficient (Wildman–Crippen LogP) is -0.0379. The van der Waals surface area contributed by atoms with Gasteiger partial charge in [0.05, 0.1) is 6.54 Å². The van der Waals surface area contributed by atoms with Crippen molar-refractivity contribution in [1.29, 1.82) is 0 Å². The van der Waals surface area contributed by atoms with Gasteiger partial charge in [0.1, 0.15) is 0 Å². The lowest BCUT2D eigenvalue weighted by atomic mass is 10.1. The highest BCUT2D eigenvalue weighted by Crippen LogP contribution is 2.24. The molecule has 2 rings (SSSR count). The first kappa shape index (κ1) is 14.8. The van der Waals surface area contributed by atoms with Crippen molar-refractivity contribution in [1.82, 2.24) is 14.7 Å². The van der Waals surface area contributed by atoms with Crippen LogP contribution < -0.4 is 5.73 Å². The van der Waals surface area contributed by atoms with Gasteiger partial charge in [-0.15, -0.1) is 0 Å². The second-order valence-electron chi connectivity index (χ2n) is 6.03. The molecule has 2 aliphatic rings. The van der Waals surface area contributed by atoms with E-state index in [1.165, 1.54) is 19.4 Å². The van der Waals surface area contributed by atoms with Gasteiger partial charge < -0.3 is 10.6 Å². The van der Waals surface area contributed by atoms with E-state index in [9.17, 15) is 4.79 Å². The van der Waals surface area contributed by atoms with Crippen molar-refractivity contribution in [2.24, 2.45) is 5.73 Å². The third kappa shape index (κ3) is 3.68. The Labute approximate surface area is 116 Å². The standard InChI is InChI=1S/C14H28N4O/c1-12-9-17-8-3-5-13(17)10-18(12)11-14(19)16(2)7-4-6-15/h12-13H,3-11,15H2,1-2H3. The Bertz CT molecular complexity index is 310. The summed E-state index contributed by atoms with van der Waals surface area (Å²) in [7, 11) is 1.88. The average molecular weight is 268 g/mol. The third-order valence-electron chi connectivity index (χ3n) is 4.53. The van der Waals surface area contributed by atoms with Gasteiger partial charge in [-0.2, -0.15) is 0 Å². The van der Waals surface area contributed by atoms with E-state index in [0.29, 0.717) is 25.2 Å². The van der Waals surface area contributed by atoms with Gasteiger partial charge in [-0.3, -0.25) is 14.6 Å². The van der Waals surface area contributed by atoms with Crippen LogP contribution in [0.3, 0.4) is 0 Å². The lowest BCUT2D eigenvalue weighted by Gasteiger charge is -2.42. The van der Waals surface area contributed by atoms with Gasteiger partial charge in [-0.05, 0) is 39.3 Å². The van der Waals surface area contributed by atoms with Crippen molar-refractivity contribution in [3.8, 4) is 0 Å².